The number of aromatic nitrogens is 4. The molecule has 0 saturated carbocycles. The number of pyridine rings is 1. The summed E-state index contributed by atoms with van der Waals surface area (Å²) < 4.78 is 14.1. The van der Waals surface area contributed by atoms with Gasteiger partial charge in [-0.3, -0.25) is 4.98 Å². The van der Waals surface area contributed by atoms with E-state index in [2.05, 4.69) is 129 Å². The van der Waals surface area contributed by atoms with E-state index in [0.717, 1.165) is 44.9 Å². The third-order valence-electron chi connectivity index (χ3n) is 12.1. The molecule has 5 heteroatoms. The Morgan fingerprint density at radius 1 is 0.500 bits per heavy atom. The monoisotopic (exact) mass is 698 g/mol. The average Bonchev–Trinajstić information content (AvgIpc) is 3.95. The zero-order valence-corrected chi connectivity index (χ0v) is 30.3. The summed E-state index contributed by atoms with van der Waals surface area (Å²) in [4.78, 5) is 5.00. The minimum absolute atomic E-state index is 0.836. The Kier molecular flexibility index (Phi) is 6.33. The van der Waals surface area contributed by atoms with Gasteiger partial charge in [-0.25, -0.2) is 0 Å². The lowest BCUT2D eigenvalue weighted by Crippen LogP contribution is -1.97. The van der Waals surface area contributed by atoms with Crippen molar-refractivity contribution in [2.24, 2.45) is 0 Å². The fourth-order valence-corrected chi connectivity index (χ4v) is 9.73. The van der Waals surface area contributed by atoms with Gasteiger partial charge in [0.05, 0.1) is 38.6 Å². The maximum absolute atomic E-state index is 6.65. The highest BCUT2D eigenvalue weighted by atomic mass is 16.3. The molecule has 0 fully saturated rings. The number of nitrogens with zero attached hydrogens (tertiary/aromatic N) is 4. The molecule has 12 rings (SSSR count). The lowest BCUT2D eigenvalue weighted by Gasteiger charge is -2.11. The van der Waals surface area contributed by atoms with Crippen molar-refractivity contribution >= 4 is 98.5 Å². The van der Waals surface area contributed by atoms with E-state index in [4.69, 9.17) is 9.40 Å². The summed E-state index contributed by atoms with van der Waals surface area (Å²) in [5.41, 5.74) is 14.8. The first-order chi connectivity index (χ1) is 26.8. The van der Waals surface area contributed by atoms with Crippen LogP contribution in [0.1, 0.15) is 51.0 Å². The molecule has 0 aliphatic rings. The van der Waals surface area contributed by atoms with E-state index in [1.54, 1.807) is 0 Å². The number of hydrogen-bond acceptors (Lipinski definition) is 2. The van der Waals surface area contributed by atoms with Crippen LogP contribution in [-0.4, -0.2) is 18.4 Å². The van der Waals surface area contributed by atoms with E-state index in [1.807, 2.05) is 18.3 Å². The first kappa shape index (κ1) is 30.2. The van der Waals surface area contributed by atoms with Crippen molar-refractivity contribution in [2.45, 2.75) is 51.9 Å². The number of unbranched alkanes of at least 4 members (excludes halogenated alkanes) is 5. The molecule has 0 N–H and O–H groups in total. The van der Waals surface area contributed by atoms with Crippen LogP contribution in [-0.2, 0) is 6.42 Å². The molecule has 54 heavy (non-hydrogen) atoms. The summed E-state index contributed by atoms with van der Waals surface area (Å²) in [6, 6.07) is 44.7. The van der Waals surface area contributed by atoms with E-state index < -0.39 is 0 Å². The Balaban J connectivity index is 1.18. The van der Waals surface area contributed by atoms with Crippen molar-refractivity contribution in [1.29, 1.82) is 0 Å². The van der Waals surface area contributed by atoms with Gasteiger partial charge in [-0.15, -0.1) is 0 Å². The van der Waals surface area contributed by atoms with Gasteiger partial charge < -0.3 is 17.8 Å². The van der Waals surface area contributed by atoms with Crippen LogP contribution in [0.15, 0.2) is 132 Å². The highest BCUT2D eigenvalue weighted by Crippen LogP contribution is 2.45. The van der Waals surface area contributed by atoms with Crippen molar-refractivity contribution in [3.05, 3.63) is 133 Å². The predicted octanol–water partition coefficient (Wildman–Crippen LogP) is 13.5. The van der Waals surface area contributed by atoms with Crippen LogP contribution in [0.4, 0.5) is 0 Å². The zero-order chi connectivity index (χ0) is 35.5. The van der Waals surface area contributed by atoms with Gasteiger partial charge in [0.15, 0.2) is 5.58 Å². The Morgan fingerprint density at radius 2 is 1.19 bits per heavy atom. The Hall–Kier alpha value is -6.33. The van der Waals surface area contributed by atoms with E-state index in [9.17, 15) is 0 Å². The number of furan rings is 1. The maximum Gasteiger partial charge on any atom is 0.178 e. The van der Waals surface area contributed by atoms with Gasteiger partial charge in [-0.1, -0.05) is 99.7 Å². The summed E-state index contributed by atoms with van der Waals surface area (Å²) in [7, 11) is 0. The number of fused-ring (bicyclic) bond motifs is 15. The van der Waals surface area contributed by atoms with E-state index in [0.29, 0.717) is 0 Å². The van der Waals surface area contributed by atoms with Gasteiger partial charge in [0, 0.05) is 49.6 Å². The Bertz CT molecular complexity index is 3430. The van der Waals surface area contributed by atoms with Crippen molar-refractivity contribution in [3.63, 3.8) is 0 Å². The molecule has 0 atom stereocenters. The van der Waals surface area contributed by atoms with Crippen LogP contribution in [0.3, 0.4) is 0 Å². The molecular formula is C49H38N4O. The maximum atomic E-state index is 6.65. The van der Waals surface area contributed by atoms with Crippen LogP contribution < -0.4 is 0 Å². The molecule has 5 nitrogen and oxygen atoms in total. The highest BCUT2D eigenvalue weighted by Gasteiger charge is 2.25. The molecule has 0 amide bonds. The second-order valence-electron chi connectivity index (χ2n) is 15.2. The van der Waals surface area contributed by atoms with Crippen molar-refractivity contribution < 1.29 is 4.42 Å². The molecule has 260 valence electrons. The van der Waals surface area contributed by atoms with Crippen molar-refractivity contribution in [2.75, 3.05) is 0 Å². The van der Waals surface area contributed by atoms with Gasteiger partial charge in [0.25, 0.3) is 0 Å². The van der Waals surface area contributed by atoms with Crippen LogP contribution in [0, 0.1) is 0 Å². The first-order valence-corrected chi connectivity index (χ1v) is 19.6. The summed E-state index contributed by atoms with van der Waals surface area (Å²) in [5, 5.41) is 8.45. The van der Waals surface area contributed by atoms with Crippen LogP contribution >= 0.6 is 0 Å². The average molecular weight is 699 g/mol. The van der Waals surface area contributed by atoms with Gasteiger partial charge in [-0.05, 0) is 79.1 Å². The first-order valence-electron chi connectivity index (χ1n) is 19.6. The molecule has 0 bridgehead atoms. The quantitative estimate of drug-likeness (QED) is 0.117. The van der Waals surface area contributed by atoms with E-state index in [-0.39, 0.29) is 0 Å². The molecule has 0 radical (unpaired) electrons. The fourth-order valence-electron chi connectivity index (χ4n) is 9.73. The number of para-hydroxylation sites is 4. The molecule has 0 aliphatic carbocycles. The Labute approximate surface area is 311 Å². The van der Waals surface area contributed by atoms with Crippen LogP contribution in [0.5, 0.6) is 0 Å². The predicted molar refractivity (Wildman–Crippen MR) is 226 cm³/mol. The van der Waals surface area contributed by atoms with Gasteiger partial charge in [-0.2, -0.15) is 0 Å². The summed E-state index contributed by atoms with van der Waals surface area (Å²) in [6.45, 7) is 2.29. The summed E-state index contributed by atoms with van der Waals surface area (Å²) in [5.74, 6) is 0. The SMILES string of the molecule is CCCCCCCCc1ccc2c(c1)c1cc3c(cc1n2-c1ccccc1)c1cccc2c1n3c1cccc3c4cnc5c6ccccc6oc5c4n2c31. The number of benzene rings is 6. The van der Waals surface area contributed by atoms with Crippen molar-refractivity contribution in [3.8, 4) is 5.69 Å². The smallest absolute Gasteiger partial charge is 0.178 e. The Morgan fingerprint density at radius 3 is 2.06 bits per heavy atom. The number of hydrogen-bond donors (Lipinski definition) is 0. The summed E-state index contributed by atoms with van der Waals surface area (Å²) >= 11 is 0. The topological polar surface area (TPSA) is 39.8 Å². The lowest BCUT2D eigenvalue weighted by molar-refractivity contribution is 0.607. The second-order valence-corrected chi connectivity index (χ2v) is 15.2. The minimum atomic E-state index is 0.836. The standard InChI is InChI=1S/C49H38N4O/c1-2-3-4-5-6-8-15-30-24-25-39-35(26-30)37-28-43-36(27-42(37)51(39)31-16-9-7-10-17-31)32-19-13-22-41-46(32)52(43)40-21-14-20-33-38-29-50-45-34-18-11-12-23-44(34)54-49(45)48(38)53(41)47(33)40/h7,9-14,16-29H,2-6,8,15H2,1H3. The van der Waals surface area contributed by atoms with Crippen molar-refractivity contribution in [1.82, 2.24) is 18.4 Å². The van der Waals surface area contributed by atoms with Gasteiger partial charge in [0.2, 0.25) is 0 Å². The molecule has 0 spiro atoms. The zero-order valence-electron chi connectivity index (χ0n) is 30.3. The molecule has 12 aromatic rings. The molecule has 6 heterocycles. The third-order valence-corrected chi connectivity index (χ3v) is 12.1. The molecule has 0 saturated heterocycles. The largest absolute Gasteiger partial charge is 0.452 e. The second kappa shape index (κ2) is 11.3. The molecule has 0 unspecified atom stereocenters. The minimum Gasteiger partial charge on any atom is -0.452 e. The highest BCUT2D eigenvalue weighted by molar-refractivity contribution is 6.27. The summed E-state index contributed by atoms with van der Waals surface area (Å²) in [6.07, 6.45) is 11.0. The molecule has 6 aromatic heterocycles. The lowest BCUT2D eigenvalue weighted by atomic mass is 10.0. The molecule has 6 aromatic carbocycles. The third kappa shape index (κ3) is 4.01. The molecule has 0 aliphatic heterocycles. The van der Waals surface area contributed by atoms with E-state index in [1.165, 1.54) is 110 Å². The van der Waals surface area contributed by atoms with Gasteiger partial charge >= 0.3 is 0 Å². The fraction of sp³-hybridized carbons (Fsp3) is 0.163. The van der Waals surface area contributed by atoms with Gasteiger partial charge in [0.1, 0.15) is 16.6 Å². The number of rotatable bonds is 8. The van der Waals surface area contributed by atoms with Crippen LogP contribution in [0.2, 0.25) is 0 Å². The molecular weight excluding hydrogens is 661 g/mol. The van der Waals surface area contributed by atoms with E-state index >= 15 is 0 Å². The number of aryl methyl sites for hydroxylation is 1. The van der Waals surface area contributed by atoms with Crippen LogP contribution in [0.25, 0.3) is 104 Å². The normalized spacial score (nSPS) is 12.7.